The fourth-order valence-corrected chi connectivity index (χ4v) is 1.43. The van der Waals surface area contributed by atoms with Crippen LogP contribution in [0.3, 0.4) is 0 Å². The van der Waals surface area contributed by atoms with Gasteiger partial charge in [-0.1, -0.05) is 0 Å². The first kappa shape index (κ1) is 9.22. The van der Waals surface area contributed by atoms with E-state index in [-0.39, 0.29) is 11.9 Å². The predicted molar refractivity (Wildman–Crippen MR) is 49.8 cm³/mol. The van der Waals surface area contributed by atoms with Crippen molar-refractivity contribution in [3.63, 3.8) is 0 Å². The Balaban J connectivity index is 2.31. The van der Waals surface area contributed by atoms with Crippen molar-refractivity contribution in [1.29, 1.82) is 0 Å². The molecule has 0 saturated heterocycles. The second-order valence-corrected chi connectivity index (χ2v) is 3.42. The highest BCUT2D eigenvalue weighted by Crippen LogP contribution is 2.05. The zero-order valence-corrected chi connectivity index (χ0v) is 7.73. The molecule has 0 aliphatic heterocycles. The average molecular weight is 184 g/mol. The van der Waals surface area contributed by atoms with Gasteiger partial charge in [0.25, 0.3) is 0 Å². The molecule has 0 radical (unpaired) electrons. The highest BCUT2D eigenvalue weighted by atomic mass is 32.1. The molecule has 1 atom stereocenters. The summed E-state index contributed by atoms with van der Waals surface area (Å²) in [5, 5.41) is 7.06. The third-order valence-electron chi connectivity index (χ3n) is 1.62. The van der Waals surface area contributed by atoms with E-state index in [0.717, 1.165) is 0 Å². The van der Waals surface area contributed by atoms with Gasteiger partial charge in [0.2, 0.25) is 5.91 Å². The number of carbonyl (C=O) groups is 1. The Morgan fingerprint density at radius 2 is 2.58 bits per heavy atom. The van der Waals surface area contributed by atoms with Crippen LogP contribution in [0.2, 0.25) is 0 Å². The van der Waals surface area contributed by atoms with Crippen molar-refractivity contribution in [3.05, 3.63) is 22.4 Å². The van der Waals surface area contributed by atoms with E-state index < -0.39 is 0 Å². The molecule has 66 valence electrons. The fraction of sp³-hybridized carbons (Fsp3) is 0.375. The van der Waals surface area contributed by atoms with Gasteiger partial charge in [-0.2, -0.15) is 11.3 Å². The van der Waals surface area contributed by atoms with Gasteiger partial charge in [0.1, 0.15) is 0 Å². The van der Waals surface area contributed by atoms with Gasteiger partial charge in [0, 0.05) is 6.54 Å². The molecule has 1 aromatic rings. The Hall–Kier alpha value is -0.870. The molecule has 0 saturated carbocycles. The zero-order valence-electron chi connectivity index (χ0n) is 6.91. The van der Waals surface area contributed by atoms with Crippen molar-refractivity contribution in [2.24, 2.45) is 5.73 Å². The van der Waals surface area contributed by atoms with E-state index in [2.05, 4.69) is 5.32 Å². The van der Waals surface area contributed by atoms with Crippen LogP contribution in [0.25, 0.3) is 0 Å². The smallest absolute Gasteiger partial charge is 0.234 e. The van der Waals surface area contributed by atoms with Crippen molar-refractivity contribution in [2.45, 2.75) is 19.5 Å². The lowest BCUT2D eigenvalue weighted by Crippen LogP contribution is -2.38. The number of amides is 1. The van der Waals surface area contributed by atoms with Crippen molar-refractivity contribution in [1.82, 2.24) is 5.32 Å². The number of primary amides is 1. The Morgan fingerprint density at radius 3 is 3.08 bits per heavy atom. The Kier molecular flexibility index (Phi) is 3.25. The molecule has 4 heteroatoms. The Bertz CT molecular complexity index is 246. The number of nitrogens with one attached hydrogen (secondary N) is 1. The lowest BCUT2D eigenvalue weighted by atomic mass is 10.3. The summed E-state index contributed by atoms with van der Waals surface area (Å²) < 4.78 is 0. The highest BCUT2D eigenvalue weighted by molar-refractivity contribution is 7.07. The molecule has 0 spiro atoms. The number of rotatable bonds is 4. The summed E-state index contributed by atoms with van der Waals surface area (Å²) in [4.78, 5) is 10.6. The number of thiophene rings is 1. The summed E-state index contributed by atoms with van der Waals surface area (Å²) in [7, 11) is 0. The molecular weight excluding hydrogens is 172 g/mol. The minimum absolute atomic E-state index is 0.259. The van der Waals surface area contributed by atoms with Crippen LogP contribution >= 0.6 is 11.3 Å². The van der Waals surface area contributed by atoms with Crippen LogP contribution in [0.15, 0.2) is 16.8 Å². The molecule has 0 aromatic carbocycles. The molecule has 1 unspecified atom stereocenters. The predicted octanol–water partition coefficient (Wildman–Crippen LogP) is 0.712. The molecular formula is C8H12N2OS. The maximum Gasteiger partial charge on any atom is 0.234 e. The third kappa shape index (κ3) is 2.64. The van der Waals surface area contributed by atoms with E-state index in [1.807, 2.05) is 16.8 Å². The summed E-state index contributed by atoms with van der Waals surface area (Å²) in [6, 6.07) is 1.76. The van der Waals surface area contributed by atoms with Crippen LogP contribution in [-0.2, 0) is 11.3 Å². The normalized spacial score (nSPS) is 12.8. The first-order valence-corrected chi connectivity index (χ1v) is 4.68. The van der Waals surface area contributed by atoms with Crippen molar-refractivity contribution < 1.29 is 4.79 Å². The van der Waals surface area contributed by atoms with Crippen LogP contribution < -0.4 is 11.1 Å². The summed E-state index contributed by atoms with van der Waals surface area (Å²) in [5.41, 5.74) is 6.26. The van der Waals surface area contributed by atoms with Gasteiger partial charge in [-0.05, 0) is 29.3 Å². The van der Waals surface area contributed by atoms with Crippen LogP contribution in [0, 0.1) is 0 Å². The minimum Gasteiger partial charge on any atom is -0.368 e. The van der Waals surface area contributed by atoms with Gasteiger partial charge in [-0.25, -0.2) is 0 Å². The fourth-order valence-electron chi connectivity index (χ4n) is 0.765. The standard InChI is InChI=1S/C8H12N2OS/c1-6(8(9)11)10-4-7-2-3-12-5-7/h2-3,5-6,10H,4H2,1H3,(H2,9,11). The van der Waals surface area contributed by atoms with Gasteiger partial charge in [-0.3, -0.25) is 4.79 Å². The van der Waals surface area contributed by atoms with Gasteiger partial charge in [0.15, 0.2) is 0 Å². The molecule has 3 nitrogen and oxygen atoms in total. The summed E-state index contributed by atoms with van der Waals surface area (Å²) in [6.07, 6.45) is 0. The second-order valence-electron chi connectivity index (χ2n) is 2.64. The first-order chi connectivity index (χ1) is 5.70. The number of carbonyl (C=O) groups excluding carboxylic acids is 1. The topological polar surface area (TPSA) is 55.1 Å². The van der Waals surface area contributed by atoms with Gasteiger partial charge in [-0.15, -0.1) is 0 Å². The van der Waals surface area contributed by atoms with E-state index in [0.29, 0.717) is 6.54 Å². The minimum atomic E-state index is -0.315. The van der Waals surface area contributed by atoms with Crippen LogP contribution in [0.4, 0.5) is 0 Å². The molecule has 1 aromatic heterocycles. The molecule has 0 bridgehead atoms. The van der Waals surface area contributed by atoms with Crippen LogP contribution in [0.5, 0.6) is 0 Å². The van der Waals surface area contributed by atoms with Crippen LogP contribution in [0.1, 0.15) is 12.5 Å². The number of hydrogen-bond donors (Lipinski definition) is 2. The average Bonchev–Trinajstić information content (AvgIpc) is 2.51. The zero-order chi connectivity index (χ0) is 8.97. The second kappa shape index (κ2) is 4.23. The molecule has 1 rings (SSSR count). The number of hydrogen-bond acceptors (Lipinski definition) is 3. The number of nitrogens with two attached hydrogens (primary N) is 1. The Labute approximate surface area is 75.6 Å². The molecule has 3 N–H and O–H groups in total. The highest BCUT2D eigenvalue weighted by Gasteiger charge is 2.06. The molecule has 0 aliphatic rings. The van der Waals surface area contributed by atoms with E-state index in [4.69, 9.17) is 5.73 Å². The van der Waals surface area contributed by atoms with E-state index in [9.17, 15) is 4.79 Å². The van der Waals surface area contributed by atoms with E-state index in [1.165, 1.54) is 5.56 Å². The van der Waals surface area contributed by atoms with Crippen molar-refractivity contribution >= 4 is 17.2 Å². The molecule has 0 fully saturated rings. The quantitative estimate of drug-likeness (QED) is 0.724. The summed E-state index contributed by atoms with van der Waals surface area (Å²) in [6.45, 7) is 2.46. The van der Waals surface area contributed by atoms with Crippen molar-refractivity contribution in [2.75, 3.05) is 0 Å². The molecule has 1 heterocycles. The Morgan fingerprint density at radius 1 is 1.83 bits per heavy atom. The molecule has 12 heavy (non-hydrogen) atoms. The third-order valence-corrected chi connectivity index (χ3v) is 2.35. The lowest BCUT2D eigenvalue weighted by molar-refractivity contribution is -0.119. The van der Waals surface area contributed by atoms with Crippen molar-refractivity contribution in [3.8, 4) is 0 Å². The van der Waals surface area contributed by atoms with E-state index in [1.54, 1.807) is 18.3 Å². The largest absolute Gasteiger partial charge is 0.368 e. The molecule has 1 amide bonds. The van der Waals surface area contributed by atoms with Gasteiger partial charge in [0.05, 0.1) is 6.04 Å². The molecule has 0 aliphatic carbocycles. The maximum atomic E-state index is 10.6. The monoisotopic (exact) mass is 184 g/mol. The summed E-state index contributed by atoms with van der Waals surface area (Å²) in [5.74, 6) is -0.315. The lowest BCUT2D eigenvalue weighted by Gasteiger charge is -2.07. The van der Waals surface area contributed by atoms with Gasteiger partial charge >= 0.3 is 0 Å². The maximum absolute atomic E-state index is 10.6. The summed E-state index contributed by atoms with van der Waals surface area (Å²) >= 11 is 1.64. The SMILES string of the molecule is CC(NCc1ccsc1)C(N)=O. The van der Waals surface area contributed by atoms with E-state index >= 15 is 0 Å². The van der Waals surface area contributed by atoms with Crippen LogP contribution in [-0.4, -0.2) is 11.9 Å². The van der Waals surface area contributed by atoms with Gasteiger partial charge < -0.3 is 11.1 Å². The first-order valence-electron chi connectivity index (χ1n) is 3.74.